The van der Waals surface area contributed by atoms with E-state index >= 15 is 17.6 Å². The number of anilines is 12. The van der Waals surface area contributed by atoms with E-state index in [1.165, 1.54) is 24.8 Å². The van der Waals surface area contributed by atoms with Crippen molar-refractivity contribution >= 4 is 136 Å². The molecule has 4 amide bonds. The molecule has 0 radical (unpaired) electrons. The van der Waals surface area contributed by atoms with Gasteiger partial charge in [0.15, 0.2) is 23.3 Å². The summed E-state index contributed by atoms with van der Waals surface area (Å²) in [6.45, 7) is 20.9. The van der Waals surface area contributed by atoms with Crippen molar-refractivity contribution in [3.8, 4) is 68.0 Å². The predicted octanol–water partition coefficient (Wildman–Crippen LogP) is 14.2. The number of nitrogens with one attached hydrogen (secondary N) is 8. The van der Waals surface area contributed by atoms with Gasteiger partial charge in [0.25, 0.3) is 0 Å². The van der Waals surface area contributed by atoms with E-state index in [1.807, 2.05) is 27.7 Å². The first-order valence-electron chi connectivity index (χ1n) is 49.5. The number of nitrogen functional groups attached to an aromatic ring is 4. The number of nitrogens with zero attached hydrogens (tertiary/aromatic N) is 12. The highest BCUT2D eigenvalue weighted by Crippen LogP contribution is 2.49. The molecule has 0 bridgehead atoms. The Bertz CT molecular complexity index is 6450. The fourth-order valence-corrected chi connectivity index (χ4v) is 22.2. The van der Waals surface area contributed by atoms with E-state index in [4.69, 9.17) is 79.8 Å². The van der Waals surface area contributed by atoms with Crippen molar-refractivity contribution in [3.63, 3.8) is 0 Å². The first-order chi connectivity index (χ1) is 71.3. The predicted molar refractivity (Wildman–Crippen MR) is 549 cm³/mol. The molecule has 12 aliphatic rings. The van der Waals surface area contributed by atoms with Gasteiger partial charge in [-0.3, -0.25) is 21.3 Å². The summed E-state index contributed by atoms with van der Waals surface area (Å²) in [6.07, 6.45) is 14.8. The van der Waals surface area contributed by atoms with Gasteiger partial charge in [-0.1, -0.05) is 0 Å². The van der Waals surface area contributed by atoms with Gasteiger partial charge in [-0.15, -0.1) is 0 Å². The van der Waals surface area contributed by atoms with E-state index in [9.17, 15) is 19.2 Å². The molecular formula is C104H116F4N24O16. The summed E-state index contributed by atoms with van der Waals surface area (Å²) in [5, 5.41) is 28.1. The van der Waals surface area contributed by atoms with Crippen LogP contribution in [0.15, 0.2) is 98.1 Å². The second kappa shape index (κ2) is 40.4. The monoisotopic (exact) mass is 2030 g/mol. The maximum atomic E-state index is 15.4. The minimum absolute atomic E-state index is 0.0228. The minimum atomic E-state index is -0.611. The number of likely N-dealkylation sites (tertiary alicyclic amines) is 4. The lowest BCUT2D eigenvalue weighted by atomic mass is 9.97. The number of hydrogen-bond acceptors (Lipinski definition) is 36. The molecule has 0 aliphatic carbocycles. The molecule has 0 unspecified atom stereocenters. The van der Waals surface area contributed by atoms with Crippen LogP contribution in [-0.4, -0.2) is 290 Å². The maximum absolute atomic E-state index is 15.4. The molecule has 24 rings (SSSR count). The van der Waals surface area contributed by atoms with Crippen LogP contribution < -0.4 is 84.4 Å². The maximum Gasteiger partial charge on any atom is 0.413 e. The number of rotatable bonds is 12. The van der Waals surface area contributed by atoms with Gasteiger partial charge in [0.1, 0.15) is 96.9 Å². The Kier molecular flexibility index (Phi) is 27.1. The number of likely N-dealkylation sites (N-methyl/N-ethyl adjacent to an activating group) is 4. The molecule has 148 heavy (non-hydrogen) atoms. The number of ether oxygens (including phenoxy) is 12. The zero-order valence-electron chi connectivity index (χ0n) is 83.1. The standard InChI is InChI=1S/4C26H29FN6O4/c4*1-14-18(10-31-24-23(14)29-4-6-35-24)17-7-15-8-20(30-11-19(15)22(28)21(17)27)32-25(34)37-16-9-26(36-12-16)3-5-33(2)13-26/h4*7-8,10-11,16,29H,3-6,9,12-13,28H2,1-2H3,(H,30,32,34)/t2*16-,26+;2*16-,26-/m1010/s1. The second-order valence-electron chi connectivity index (χ2n) is 40.1. The Morgan fingerprint density at radius 2 is 0.547 bits per heavy atom. The Morgan fingerprint density at radius 1 is 0.331 bits per heavy atom. The van der Waals surface area contributed by atoms with Crippen molar-refractivity contribution in [3.05, 3.63) is 144 Å². The van der Waals surface area contributed by atoms with Crippen LogP contribution in [0, 0.1) is 51.0 Å². The molecular weight excluding hydrogens is 1920 g/mol. The van der Waals surface area contributed by atoms with Gasteiger partial charge in [-0.2, -0.15) is 0 Å². The van der Waals surface area contributed by atoms with Crippen molar-refractivity contribution in [1.82, 2.24) is 59.5 Å². The summed E-state index contributed by atoms with van der Waals surface area (Å²) in [4.78, 5) is 93.7. The number of halogens is 4. The van der Waals surface area contributed by atoms with Gasteiger partial charge < -0.3 is 121 Å². The molecule has 0 saturated carbocycles. The van der Waals surface area contributed by atoms with Crippen LogP contribution >= 0.6 is 0 Å². The first kappa shape index (κ1) is 99.2. The zero-order valence-corrected chi connectivity index (χ0v) is 83.1. The molecule has 8 fully saturated rings. The van der Waals surface area contributed by atoms with E-state index < -0.39 is 47.6 Å². The Morgan fingerprint density at radius 3 is 0.750 bits per heavy atom. The Labute approximate surface area is 847 Å². The number of nitrogens with two attached hydrogens (primary N) is 4. The number of pyridine rings is 8. The quantitative estimate of drug-likeness (QED) is 0.0307. The zero-order chi connectivity index (χ0) is 103. The van der Waals surface area contributed by atoms with Gasteiger partial charge in [0.2, 0.25) is 23.5 Å². The summed E-state index contributed by atoms with van der Waals surface area (Å²) < 4.78 is 130. The Balaban J connectivity index is 0.000000116. The third-order valence-corrected chi connectivity index (χ3v) is 29.7. The van der Waals surface area contributed by atoms with Crippen LogP contribution in [0.2, 0.25) is 0 Å². The van der Waals surface area contributed by atoms with Crippen LogP contribution in [-0.2, 0) is 37.9 Å². The molecule has 12 aromatic rings. The average Bonchev–Trinajstić information content (AvgIpc) is 1.02. The van der Waals surface area contributed by atoms with E-state index in [-0.39, 0.29) is 92.8 Å². The molecule has 16 N–H and O–H groups in total. The molecule has 40 nitrogen and oxygen atoms in total. The van der Waals surface area contributed by atoms with Gasteiger partial charge in [-0.05, 0) is 174 Å². The van der Waals surface area contributed by atoms with E-state index in [2.05, 4.69) is 130 Å². The fourth-order valence-electron chi connectivity index (χ4n) is 22.2. The molecule has 776 valence electrons. The lowest BCUT2D eigenvalue weighted by Gasteiger charge is -2.22. The van der Waals surface area contributed by atoms with E-state index in [1.54, 1.807) is 73.3 Å². The van der Waals surface area contributed by atoms with Crippen LogP contribution in [0.5, 0.6) is 23.5 Å². The van der Waals surface area contributed by atoms with E-state index in [0.717, 1.165) is 123 Å². The number of hydrogen-bond donors (Lipinski definition) is 12. The molecule has 8 atom stereocenters. The number of benzene rings is 4. The number of amides is 4. The molecule has 8 aromatic heterocycles. The van der Waals surface area contributed by atoms with Crippen LogP contribution in [0.1, 0.15) is 73.6 Å². The Hall–Kier alpha value is -14.8. The lowest BCUT2D eigenvalue weighted by molar-refractivity contribution is 0.00990. The fraction of sp³-hybridized carbons (Fsp3) is 0.423. The second-order valence-corrected chi connectivity index (χ2v) is 40.1. The summed E-state index contributed by atoms with van der Waals surface area (Å²) in [5.41, 5.74) is 33.5. The summed E-state index contributed by atoms with van der Waals surface area (Å²) >= 11 is 0. The van der Waals surface area contributed by atoms with Crippen LogP contribution in [0.3, 0.4) is 0 Å². The van der Waals surface area contributed by atoms with E-state index in [0.29, 0.717) is 216 Å². The molecule has 44 heteroatoms. The summed E-state index contributed by atoms with van der Waals surface area (Å²) in [7, 11) is 8.23. The highest BCUT2D eigenvalue weighted by atomic mass is 19.1. The van der Waals surface area contributed by atoms with Crippen molar-refractivity contribution < 1.29 is 93.6 Å². The number of aromatic nitrogens is 8. The van der Waals surface area contributed by atoms with Crippen molar-refractivity contribution in [1.29, 1.82) is 0 Å². The average molecular weight is 2030 g/mol. The highest BCUT2D eigenvalue weighted by molar-refractivity contribution is 6.04. The minimum Gasteiger partial charge on any atom is -0.474 e. The highest BCUT2D eigenvalue weighted by Gasteiger charge is 2.50. The molecule has 12 aliphatic heterocycles. The largest absolute Gasteiger partial charge is 0.474 e. The van der Waals surface area contributed by atoms with Gasteiger partial charge in [0.05, 0.1) is 71.6 Å². The van der Waals surface area contributed by atoms with Gasteiger partial charge in [-0.25, -0.2) is 76.6 Å². The SMILES string of the molecule is Cc1c(-c2cc3cc(NC(=O)O[C@@H]4CO[C@@]5(CCN(C)C5)C4)ncc3c(N)c2F)cnc2c1NCCO2.Cc1c(-c2cc3cc(NC(=O)O[C@@H]4CO[C@]5(CCN(C)C5)C4)ncc3c(N)c2F)cnc2c1NCCO2.Cc1c(-c2cc3cc(NC(=O)O[C@H]4CO[C@@]5(CCN(C)C5)C4)ncc3c(N)c2F)cnc2c1NCCO2.Cc1c(-c2cc3cc(NC(=O)O[C@H]4CO[C@]5(CCN(C)C5)C4)ncc3c(N)c2F)cnc2c1NCCO2. The third-order valence-electron chi connectivity index (χ3n) is 29.7. The smallest absolute Gasteiger partial charge is 0.413 e. The summed E-state index contributed by atoms with van der Waals surface area (Å²) in [5.74, 6) is 0.878. The van der Waals surface area contributed by atoms with Crippen molar-refractivity contribution in [2.45, 2.75) is 126 Å². The number of fused-ring (bicyclic) bond motifs is 8. The van der Waals surface area contributed by atoms with Gasteiger partial charge in [0, 0.05) is 220 Å². The van der Waals surface area contributed by atoms with Crippen molar-refractivity contribution in [2.75, 3.05) is 225 Å². The normalized spacial score (nSPS) is 23.1. The molecule has 4 aromatic carbocycles. The lowest BCUT2D eigenvalue weighted by Crippen LogP contribution is -2.32. The molecule has 8 saturated heterocycles. The number of carbonyl (C=O) groups excluding carboxylic acids is 4. The van der Waals surface area contributed by atoms with Gasteiger partial charge >= 0.3 is 24.4 Å². The summed E-state index contributed by atoms with van der Waals surface area (Å²) in [6, 6.07) is 13.3. The van der Waals surface area contributed by atoms with Crippen molar-refractivity contribution in [2.24, 2.45) is 0 Å². The van der Waals surface area contributed by atoms with Crippen LogP contribution in [0.25, 0.3) is 87.6 Å². The number of carbonyl (C=O) groups is 4. The molecule has 20 heterocycles. The molecule has 4 spiro atoms. The third kappa shape index (κ3) is 20.0. The topological polar surface area (TPSA) is 495 Å². The first-order valence-corrected chi connectivity index (χ1v) is 49.5. The van der Waals surface area contributed by atoms with Crippen LogP contribution in [0.4, 0.5) is 106 Å².